The van der Waals surface area contributed by atoms with Crippen LogP contribution < -0.4 is 0 Å². The quantitative estimate of drug-likeness (QED) is 0.578. The monoisotopic (exact) mass is 252 g/mol. The second kappa shape index (κ2) is 3.30. The summed E-state index contributed by atoms with van der Waals surface area (Å²) in [7, 11) is 0. The van der Waals surface area contributed by atoms with E-state index in [1.54, 1.807) is 13.0 Å². The van der Waals surface area contributed by atoms with E-state index >= 15 is 0 Å². The van der Waals surface area contributed by atoms with Gasteiger partial charge in [-0.2, -0.15) is 4.52 Å². The maximum Gasteiger partial charge on any atom is 0.226 e. The lowest BCUT2D eigenvalue weighted by molar-refractivity contribution is 0.909. The van der Waals surface area contributed by atoms with Gasteiger partial charge in [0.15, 0.2) is 5.65 Å². The Morgan fingerprint density at radius 2 is 2.00 bits per heavy atom. The predicted molar refractivity (Wildman–Crippen MR) is 63.0 cm³/mol. The zero-order chi connectivity index (χ0) is 11.3. The first kappa shape index (κ1) is 9.81. The smallest absolute Gasteiger partial charge is 0.218 e. The first-order valence-corrected chi connectivity index (χ1v) is 5.39. The van der Waals surface area contributed by atoms with E-state index in [9.17, 15) is 0 Å². The van der Waals surface area contributed by atoms with Gasteiger partial charge in [0.2, 0.25) is 5.28 Å². The summed E-state index contributed by atoms with van der Waals surface area (Å²) in [5, 5.41) is 5.94. The third kappa shape index (κ3) is 1.34. The zero-order valence-electron chi connectivity index (χ0n) is 8.28. The maximum atomic E-state index is 6.01. The van der Waals surface area contributed by atoms with Crippen molar-refractivity contribution in [3.8, 4) is 0 Å². The first-order chi connectivity index (χ1) is 7.65. The SMILES string of the molecule is Cc1nc2c3cc(Cl)ccc3nc(Cl)n2n1. The Labute approximate surface area is 101 Å². The summed E-state index contributed by atoms with van der Waals surface area (Å²) in [6.07, 6.45) is 0. The molecule has 16 heavy (non-hydrogen) atoms. The molecule has 0 N–H and O–H groups in total. The van der Waals surface area contributed by atoms with Crippen molar-refractivity contribution in [3.05, 3.63) is 34.3 Å². The molecule has 3 aromatic rings. The van der Waals surface area contributed by atoms with Gasteiger partial charge in [-0.1, -0.05) is 11.6 Å². The number of hydrogen-bond acceptors (Lipinski definition) is 3. The van der Waals surface area contributed by atoms with Crippen LogP contribution in [0.3, 0.4) is 0 Å². The maximum absolute atomic E-state index is 6.01. The van der Waals surface area contributed by atoms with E-state index in [1.807, 2.05) is 12.1 Å². The molecule has 6 heteroatoms. The second-order valence-electron chi connectivity index (χ2n) is 3.44. The van der Waals surface area contributed by atoms with Crippen LogP contribution in [-0.2, 0) is 0 Å². The minimum Gasteiger partial charge on any atom is -0.218 e. The molecule has 0 spiro atoms. The molecule has 0 saturated heterocycles. The highest BCUT2D eigenvalue weighted by Crippen LogP contribution is 2.23. The van der Waals surface area contributed by atoms with Crippen molar-refractivity contribution in [2.24, 2.45) is 0 Å². The summed E-state index contributed by atoms with van der Waals surface area (Å²) in [5.74, 6) is 0.649. The molecule has 2 heterocycles. The van der Waals surface area contributed by atoms with Gasteiger partial charge < -0.3 is 0 Å². The van der Waals surface area contributed by atoms with Gasteiger partial charge in [0.1, 0.15) is 5.82 Å². The molecule has 0 aliphatic heterocycles. The lowest BCUT2D eigenvalue weighted by atomic mass is 10.2. The molecule has 4 nitrogen and oxygen atoms in total. The number of aryl methyl sites for hydroxylation is 1. The number of nitrogens with zero attached hydrogens (tertiary/aromatic N) is 4. The molecule has 2 aromatic heterocycles. The molecule has 0 saturated carbocycles. The highest BCUT2D eigenvalue weighted by Gasteiger charge is 2.10. The summed E-state index contributed by atoms with van der Waals surface area (Å²) in [4.78, 5) is 8.54. The number of fused-ring (bicyclic) bond motifs is 3. The van der Waals surface area contributed by atoms with E-state index in [4.69, 9.17) is 23.2 Å². The standard InChI is InChI=1S/C10H6Cl2N4/c1-5-13-9-7-4-6(11)2-3-8(7)14-10(12)16(9)15-5/h2-4H,1H3. The van der Waals surface area contributed by atoms with Crippen LogP contribution in [0.1, 0.15) is 5.82 Å². The van der Waals surface area contributed by atoms with E-state index in [1.165, 1.54) is 4.52 Å². The summed E-state index contributed by atoms with van der Waals surface area (Å²) in [6.45, 7) is 1.81. The molecule has 3 rings (SSSR count). The lowest BCUT2D eigenvalue weighted by Crippen LogP contribution is -1.94. The molecular weight excluding hydrogens is 247 g/mol. The van der Waals surface area contributed by atoms with Gasteiger partial charge in [-0.25, -0.2) is 9.97 Å². The number of halogens is 2. The largest absolute Gasteiger partial charge is 0.226 e. The van der Waals surface area contributed by atoms with Crippen LogP contribution in [0.15, 0.2) is 18.2 Å². The zero-order valence-corrected chi connectivity index (χ0v) is 9.79. The summed E-state index contributed by atoms with van der Waals surface area (Å²) >= 11 is 12.0. The van der Waals surface area contributed by atoms with Crippen LogP contribution in [0.4, 0.5) is 0 Å². The Bertz CT molecular complexity index is 705. The fourth-order valence-corrected chi connectivity index (χ4v) is 2.03. The molecule has 0 fully saturated rings. The molecule has 0 unspecified atom stereocenters. The number of hydrogen-bond donors (Lipinski definition) is 0. The molecule has 0 aliphatic carbocycles. The van der Waals surface area contributed by atoms with E-state index in [0.717, 1.165) is 10.9 Å². The molecule has 1 aromatic carbocycles. The fourth-order valence-electron chi connectivity index (χ4n) is 1.65. The van der Waals surface area contributed by atoms with Crippen molar-refractivity contribution in [3.63, 3.8) is 0 Å². The Kier molecular flexibility index (Phi) is 2.02. The van der Waals surface area contributed by atoms with Crippen molar-refractivity contribution in [2.75, 3.05) is 0 Å². The highest BCUT2D eigenvalue weighted by atomic mass is 35.5. The van der Waals surface area contributed by atoms with E-state index in [-0.39, 0.29) is 0 Å². The van der Waals surface area contributed by atoms with Crippen molar-refractivity contribution in [1.29, 1.82) is 0 Å². The van der Waals surface area contributed by atoms with Gasteiger partial charge in [-0.3, -0.25) is 0 Å². The van der Waals surface area contributed by atoms with Gasteiger partial charge in [0.05, 0.1) is 5.52 Å². The Balaban J connectivity index is 2.59. The third-order valence-electron chi connectivity index (χ3n) is 2.30. The molecule has 0 bridgehead atoms. The van der Waals surface area contributed by atoms with Gasteiger partial charge in [0, 0.05) is 10.4 Å². The molecule has 0 aliphatic rings. The Hall–Kier alpha value is -1.39. The summed E-state index contributed by atoms with van der Waals surface area (Å²) in [5.41, 5.74) is 1.43. The van der Waals surface area contributed by atoms with E-state index in [0.29, 0.717) is 21.8 Å². The van der Waals surface area contributed by atoms with Crippen LogP contribution in [0, 0.1) is 6.92 Å². The topological polar surface area (TPSA) is 43.1 Å². The minimum atomic E-state index is 0.297. The normalized spacial score (nSPS) is 11.4. The van der Waals surface area contributed by atoms with Crippen molar-refractivity contribution >= 4 is 39.8 Å². The Morgan fingerprint density at radius 1 is 1.19 bits per heavy atom. The number of benzene rings is 1. The van der Waals surface area contributed by atoms with Crippen LogP contribution in [-0.4, -0.2) is 19.6 Å². The average molecular weight is 253 g/mol. The number of rotatable bonds is 0. The van der Waals surface area contributed by atoms with E-state index in [2.05, 4.69) is 15.1 Å². The van der Waals surface area contributed by atoms with Gasteiger partial charge in [-0.05, 0) is 36.7 Å². The van der Waals surface area contributed by atoms with Crippen molar-refractivity contribution in [2.45, 2.75) is 6.92 Å². The highest BCUT2D eigenvalue weighted by molar-refractivity contribution is 6.32. The Morgan fingerprint density at radius 3 is 2.81 bits per heavy atom. The van der Waals surface area contributed by atoms with Gasteiger partial charge in [0.25, 0.3) is 0 Å². The van der Waals surface area contributed by atoms with Crippen LogP contribution >= 0.6 is 23.2 Å². The molecule has 0 radical (unpaired) electrons. The van der Waals surface area contributed by atoms with Crippen molar-refractivity contribution < 1.29 is 0 Å². The molecule has 0 atom stereocenters. The summed E-state index contributed by atoms with van der Waals surface area (Å²) < 4.78 is 1.51. The van der Waals surface area contributed by atoms with Gasteiger partial charge in [-0.15, -0.1) is 5.10 Å². The van der Waals surface area contributed by atoms with Crippen LogP contribution in [0.2, 0.25) is 10.3 Å². The molecule has 0 amide bonds. The fraction of sp³-hybridized carbons (Fsp3) is 0.100. The minimum absolute atomic E-state index is 0.297. The van der Waals surface area contributed by atoms with Crippen LogP contribution in [0.25, 0.3) is 16.6 Å². The predicted octanol–water partition coefficient (Wildman–Crippen LogP) is 2.89. The lowest BCUT2D eigenvalue weighted by Gasteiger charge is -2.01. The van der Waals surface area contributed by atoms with Crippen LogP contribution in [0.5, 0.6) is 0 Å². The second-order valence-corrected chi connectivity index (χ2v) is 4.21. The summed E-state index contributed by atoms with van der Waals surface area (Å²) in [6, 6.07) is 5.39. The van der Waals surface area contributed by atoms with Gasteiger partial charge >= 0.3 is 0 Å². The average Bonchev–Trinajstić information content (AvgIpc) is 2.62. The molecular formula is C10H6Cl2N4. The van der Waals surface area contributed by atoms with E-state index < -0.39 is 0 Å². The first-order valence-electron chi connectivity index (χ1n) is 4.63. The number of aromatic nitrogens is 4. The van der Waals surface area contributed by atoms with Crippen molar-refractivity contribution in [1.82, 2.24) is 19.6 Å². The molecule has 80 valence electrons. The third-order valence-corrected chi connectivity index (χ3v) is 2.78.